The summed E-state index contributed by atoms with van der Waals surface area (Å²) in [5.41, 5.74) is 1.49. The van der Waals surface area contributed by atoms with Crippen LogP contribution in [0.15, 0.2) is 41.6 Å². The van der Waals surface area contributed by atoms with E-state index in [9.17, 15) is 14.0 Å². The molecule has 3 aromatic heterocycles. The molecule has 0 radical (unpaired) electrons. The third kappa shape index (κ3) is 3.59. The molecular weight excluding hydrogens is 411 g/mol. The molecular formula is C19H19FN6O3S. The standard InChI is InChI=1S/C19H17FN6O3.H2S/c1-3-15(11-4-5-13(20)10(2)6-11)26-16-14(8-22-26)23-19(24-17(16)27)25-9-12(7-21-25)18(28)29;/h4-9,15H,3H2,1-2H3,(H,28,29)(H,23,24,27);1H2/t15-;/m0./s1. The quantitative estimate of drug-likeness (QED) is 0.502. The molecule has 0 spiro atoms. The summed E-state index contributed by atoms with van der Waals surface area (Å²) in [5.74, 6) is -1.34. The molecule has 0 aliphatic carbocycles. The summed E-state index contributed by atoms with van der Waals surface area (Å²) in [7, 11) is 0. The molecule has 4 aromatic rings. The van der Waals surface area contributed by atoms with E-state index >= 15 is 0 Å². The molecule has 0 aliphatic rings. The van der Waals surface area contributed by atoms with Crippen LogP contribution in [0.3, 0.4) is 0 Å². The number of aryl methyl sites for hydroxylation is 1. The van der Waals surface area contributed by atoms with E-state index in [2.05, 4.69) is 20.2 Å². The van der Waals surface area contributed by atoms with Crippen molar-refractivity contribution in [2.75, 3.05) is 0 Å². The number of fused-ring (bicyclic) bond motifs is 1. The Balaban J connectivity index is 0.00000256. The number of halogens is 1. The first-order valence-corrected chi connectivity index (χ1v) is 8.91. The fourth-order valence-electron chi connectivity index (χ4n) is 3.28. The summed E-state index contributed by atoms with van der Waals surface area (Å²) in [6.45, 7) is 3.63. The zero-order valence-electron chi connectivity index (χ0n) is 16.1. The largest absolute Gasteiger partial charge is 0.478 e. The first kappa shape index (κ1) is 21.2. The molecule has 30 heavy (non-hydrogen) atoms. The lowest BCUT2D eigenvalue weighted by Gasteiger charge is -2.17. The summed E-state index contributed by atoms with van der Waals surface area (Å²) in [6, 6.07) is 4.54. The molecule has 4 rings (SSSR count). The van der Waals surface area contributed by atoms with Crippen LogP contribution >= 0.6 is 13.5 Å². The zero-order chi connectivity index (χ0) is 20.7. The second kappa shape index (κ2) is 8.11. The van der Waals surface area contributed by atoms with E-state index in [0.717, 1.165) is 5.56 Å². The van der Waals surface area contributed by atoms with E-state index < -0.39 is 11.5 Å². The van der Waals surface area contributed by atoms with Crippen LogP contribution in [0.2, 0.25) is 0 Å². The summed E-state index contributed by atoms with van der Waals surface area (Å²) < 4.78 is 16.4. The molecule has 0 aliphatic heterocycles. The first-order valence-electron chi connectivity index (χ1n) is 8.91. The predicted octanol–water partition coefficient (Wildman–Crippen LogP) is 2.56. The molecule has 156 valence electrons. The van der Waals surface area contributed by atoms with Gasteiger partial charge in [-0.15, -0.1) is 0 Å². The Hall–Kier alpha value is -3.47. The van der Waals surface area contributed by atoms with Crippen molar-refractivity contribution in [2.24, 2.45) is 0 Å². The molecule has 0 saturated heterocycles. The average Bonchev–Trinajstić information content (AvgIpc) is 3.33. The zero-order valence-corrected chi connectivity index (χ0v) is 17.1. The van der Waals surface area contributed by atoms with Crippen molar-refractivity contribution in [1.29, 1.82) is 0 Å². The number of nitrogens with one attached hydrogen (secondary N) is 1. The number of aromatic amines is 1. The van der Waals surface area contributed by atoms with Gasteiger partial charge in [-0.2, -0.15) is 23.7 Å². The van der Waals surface area contributed by atoms with Crippen LogP contribution in [0.25, 0.3) is 17.0 Å². The minimum absolute atomic E-state index is 0. The maximum Gasteiger partial charge on any atom is 0.338 e. The average molecular weight is 430 g/mol. The van der Waals surface area contributed by atoms with E-state index in [1.807, 2.05) is 6.92 Å². The van der Waals surface area contributed by atoms with Gasteiger partial charge in [-0.05, 0) is 30.5 Å². The van der Waals surface area contributed by atoms with Gasteiger partial charge < -0.3 is 5.11 Å². The molecule has 0 fully saturated rings. The lowest BCUT2D eigenvalue weighted by molar-refractivity contribution is 0.0697. The van der Waals surface area contributed by atoms with Crippen molar-refractivity contribution < 1.29 is 14.3 Å². The van der Waals surface area contributed by atoms with Gasteiger partial charge in [0.1, 0.15) is 11.3 Å². The Bertz CT molecular complexity index is 1300. The summed E-state index contributed by atoms with van der Waals surface area (Å²) in [6.07, 6.45) is 4.52. The number of aromatic carboxylic acids is 1. The van der Waals surface area contributed by atoms with E-state index in [1.54, 1.807) is 23.7 Å². The summed E-state index contributed by atoms with van der Waals surface area (Å²) >= 11 is 0. The fourth-order valence-corrected chi connectivity index (χ4v) is 3.28. The summed E-state index contributed by atoms with van der Waals surface area (Å²) in [5, 5.41) is 17.3. The van der Waals surface area contributed by atoms with Crippen molar-refractivity contribution in [3.8, 4) is 5.95 Å². The van der Waals surface area contributed by atoms with E-state index in [-0.39, 0.29) is 42.4 Å². The maximum atomic E-state index is 13.7. The Morgan fingerprint density at radius 1 is 1.30 bits per heavy atom. The van der Waals surface area contributed by atoms with Crippen LogP contribution in [0.5, 0.6) is 0 Å². The van der Waals surface area contributed by atoms with Gasteiger partial charge in [0.15, 0.2) is 5.52 Å². The van der Waals surface area contributed by atoms with E-state index in [4.69, 9.17) is 5.11 Å². The number of hydrogen-bond donors (Lipinski definition) is 2. The second-order valence-electron chi connectivity index (χ2n) is 6.62. The van der Waals surface area contributed by atoms with Gasteiger partial charge in [0.05, 0.1) is 24.0 Å². The Labute approximate surface area is 176 Å². The molecule has 1 aromatic carbocycles. The van der Waals surface area contributed by atoms with E-state index in [1.165, 1.54) is 29.3 Å². The van der Waals surface area contributed by atoms with Gasteiger partial charge in [-0.1, -0.05) is 19.1 Å². The smallest absolute Gasteiger partial charge is 0.338 e. The maximum absolute atomic E-state index is 13.7. The first-order chi connectivity index (χ1) is 13.9. The molecule has 3 heterocycles. The fraction of sp³-hybridized carbons (Fsp3) is 0.211. The highest BCUT2D eigenvalue weighted by Crippen LogP contribution is 2.25. The summed E-state index contributed by atoms with van der Waals surface area (Å²) in [4.78, 5) is 30.8. The van der Waals surface area contributed by atoms with Crippen molar-refractivity contribution in [2.45, 2.75) is 26.3 Å². The van der Waals surface area contributed by atoms with Gasteiger partial charge in [0.2, 0.25) is 5.95 Å². The minimum Gasteiger partial charge on any atom is -0.478 e. The van der Waals surface area contributed by atoms with Crippen molar-refractivity contribution in [3.63, 3.8) is 0 Å². The Kier molecular flexibility index (Phi) is 5.74. The van der Waals surface area contributed by atoms with Crippen LogP contribution in [-0.4, -0.2) is 40.6 Å². The van der Waals surface area contributed by atoms with Crippen LogP contribution < -0.4 is 5.56 Å². The molecule has 9 nitrogen and oxygen atoms in total. The highest BCUT2D eigenvalue weighted by molar-refractivity contribution is 7.59. The monoisotopic (exact) mass is 430 g/mol. The van der Waals surface area contributed by atoms with Gasteiger partial charge >= 0.3 is 5.97 Å². The molecule has 1 atom stereocenters. The minimum atomic E-state index is -1.13. The number of nitrogens with zero attached hydrogens (tertiary/aromatic N) is 5. The van der Waals surface area contributed by atoms with Crippen LogP contribution in [0, 0.1) is 12.7 Å². The number of hydrogen-bond acceptors (Lipinski definition) is 5. The van der Waals surface area contributed by atoms with Crippen molar-refractivity contribution in [1.82, 2.24) is 29.5 Å². The lowest BCUT2D eigenvalue weighted by atomic mass is 10.0. The van der Waals surface area contributed by atoms with Gasteiger partial charge in [0.25, 0.3) is 5.56 Å². The number of H-pyrrole nitrogens is 1. The number of carbonyl (C=O) groups is 1. The van der Waals surface area contributed by atoms with Gasteiger partial charge in [-0.25, -0.2) is 18.9 Å². The number of carboxylic acid groups (broad SMARTS) is 1. The molecule has 0 amide bonds. The second-order valence-corrected chi connectivity index (χ2v) is 6.62. The predicted molar refractivity (Wildman–Crippen MR) is 112 cm³/mol. The topological polar surface area (TPSA) is 119 Å². The third-order valence-electron chi connectivity index (χ3n) is 4.74. The number of aromatic nitrogens is 6. The Morgan fingerprint density at radius 2 is 2.07 bits per heavy atom. The Morgan fingerprint density at radius 3 is 2.70 bits per heavy atom. The third-order valence-corrected chi connectivity index (χ3v) is 4.74. The van der Waals surface area contributed by atoms with Crippen LogP contribution in [0.4, 0.5) is 4.39 Å². The highest BCUT2D eigenvalue weighted by atomic mass is 32.1. The molecule has 0 unspecified atom stereocenters. The number of carboxylic acids is 1. The van der Waals surface area contributed by atoms with E-state index in [0.29, 0.717) is 17.5 Å². The lowest BCUT2D eigenvalue weighted by Crippen LogP contribution is -2.20. The highest BCUT2D eigenvalue weighted by Gasteiger charge is 2.20. The van der Waals surface area contributed by atoms with Gasteiger partial charge in [-0.3, -0.25) is 14.5 Å². The van der Waals surface area contributed by atoms with Crippen molar-refractivity contribution >= 4 is 30.5 Å². The number of benzene rings is 1. The van der Waals surface area contributed by atoms with Crippen molar-refractivity contribution in [3.05, 3.63) is 69.7 Å². The molecule has 0 bridgehead atoms. The number of rotatable bonds is 5. The SMILES string of the molecule is CC[C@@H](c1ccc(F)c(C)c1)n1ncc2nc(-n3cc(C(=O)O)cn3)[nH]c(=O)c21.S. The molecule has 11 heteroatoms. The molecule has 2 N–H and O–H groups in total. The normalized spacial score (nSPS) is 12.0. The molecule has 0 saturated carbocycles. The van der Waals surface area contributed by atoms with Crippen LogP contribution in [-0.2, 0) is 0 Å². The van der Waals surface area contributed by atoms with Gasteiger partial charge in [0, 0.05) is 6.20 Å². The van der Waals surface area contributed by atoms with Crippen LogP contribution in [0.1, 0.15) is 40.9 Å².